The summed E-state index contributed by atoms with van der Waals surface area (Å²) in [6.45, 7) is 0. The summed E-state index contributed by atoms with van der Waals surface area (Å²) in [6, 6.07) is 15.2. The first-order valence-electron chi connectivity index (χ1n) is 9.38. The van der Waals surface area contributed by atoms with Crippen molar-refractivity contribution in [3.05, 3.63) is 65.7 Å². The van der Waals surface area contributed by atoms with E-state index in [0.717, 1.165) is 0 Å². The molecule has 0 saturated heterocycles. The first kappa shape index (κ1) is 20.1. The highest BCUT2D eigenvalue weighted by Crippen LogP contribution is 2.40. The summed E-state index contributed by atoms with van der Waals surface area (Å²) in [6.07, 6.45) is 0. The average molecular weight is 420 g/mol. The summed E-state index contributed by atoms with van der Waals surface area (Å²) in [5, 5.41) is 5.59. The lowest BCUT2D eigenvalue weighted by Gasteiger charge is -2.16. The highest BCUT2D eigenvalue weighted by atomic mass is 16.5. The lowest BCUT2D eigenvalue weighted by atomic mass is 10.1. The smallest absolute Gasteiger partial charge is 0.259 e. The van der Waals surface area contributed by atoms with Gasteiger partial charge in [-0.2, -0.15) is 0 Å². The molecular formula is C23H20N2O6. The molecule has 0 atom stereocenters. The van der Waals surface area contributed by atoms with E-state index in [4.69, 9.17) is 18.9 Å². The minimum absolute atomic E-state index is 0.241. The van der Waals surface area contributed by atoms with E-state index in [0.29, 0.717) is 39.9 Å². The van der Waals surface area contributed by atoms with Gasteiger partial charge < -0.3 is 29.6 Å². The van der Waals surface area contributed by atoms with E-state index in [9.17, 15) is 9.59 Å². The van der Waals surface area contributed by atoms with Crippen LogP contribution >= 0.6 is 0 Å². The first-order valence-corrected chi connectivity index (χ1v) is 9.38. The van der Waals surface area contributed by atoms with Crippen LogP contribution in [0.5, 0.6) is 28.7 Å². The fourth-order valence-electron chi connectivity index (χ4n) is 3.32. The van der Waals surface area contributed by atoms with Gasteiger partial charge in [-0.15, -0.1) is 0 Å². The number of amides is 2. The number of anilines is 2. The molecule has 8 nitrogen and oxygen atoms in total. The largest absolute Gasteiger partial charge is 0.493 e. The zero-order valence-corrected chi connectivity index (χ0v) is 17.1. The maximum Gasteiger partial charge on any atom is 0.259 e. The molecule has 8 heteroatoms. The maximum absolute atomic E-state index is 12.9. The van der Waals surface area contributed by atoms with Gasteiger partial charge in [-0.05, 0) is 42.5 Å². The highest BCUT2D eigenvalue weighted by Gasteiger charge is 2.23. The monoisotopic (exact) mass is 420 g/mol. The Bertz CT molecular complexity index is 1170. The average Bonchev–Trinajstić information content (AvgIpc) is 2.93. The molecule has 3 aromatic carbocycles. The SMILES string of the molecule is COc1ccc(C(=O)Nc2ccc3c(c2)C(=O)Nc2ccccc2O3)c(OC)c1OC. The van der Waals surface area contributed by atoms with Crippen LogP contribution in [0.4, 0.5) is 11.4 Å². The predicted octanol–water partition coefficient (Wildman–Crippen LogP) is 4.32. The third-order valence-corrected chi connectivity index (χ3v) is 4.79. The number of hydrogen-bond acceptors (Lipinski definition) is 6. The number of hydrogen-bond donors (Lipinski definition) is 2. The first-order chi connectivity index (χ1) is 15.0. The van der Waals surface area contributed by atoms with Crippen LogP contribution in [0.1, 0.15) is 20.7 Å². The molecule has 0 spiro atoms. The molecule has 1 aliphatic heterocycles. The van der Waals surface area contributed by atoms with E-state index in [1.165, 1.54) is 21.3 Å². The second-order valence-electron chi connectivity index (χ2n) is 6.60. The van der Waals surface area contributed by atoms with Gasteiger partial charge in [-0.1, -0.05) is 12.1 Å². The minimum Gasteiger partial charge on any atom is -0.493 e. The van der Waals surface area contributed by atoms with Crippen LogP contribution in [0.3, 0.4) is 0 Å². The molecule has 0 fully saturated rings. The van der Waals surface area contributed by atoms with Crippen molar-refractivity contribution in [1.82, 2.24) is 0 Å². The molecule has 2 amide bonds. The molecule has 1 heterocycles. The molecule has 31 heavy (non-hydrogen) atoms. The van der Waals surface area contributed by atoms with Crippen molar-refractivity contribution in [2.45, 2.75) is 0 Å². The summed E-state index contributed by atoms with van der Waals surface area (Å²) in [7, 11) is 4.40. The maximum atomic E-state index is 12.9. The molecule has 158 valence electrons. The Balaban J connectivity index is 1.64. The molecule has 1 aliphatic rings. The summed E-state index contributed by atoms with van der Waals surface area (Å²) < 4.78 is 21.8. The Kier molecular flexibility index (Phi) is 5.36. The molecule has 0 aromatic heterocycles. The van der Waals surface area contributed by atoms with E-state index < -0.39 is 5.91 Å². The molecule has 0 radical (unpaired) electrons. The topological polar surface area (TPSA) is 95.1 Å². The molecular weight excluding hydrogens is 400 g/mol. The fourth-order valence-corrected chi connectivity index (χ4v) is 3.32. The van der Waals surface area contributed by atoms with Gasteiger partial charge in [0.15, 0.2) is 17.2 Å². The quantitative estimate of drug-likeness (QED) is 0.638. The van der Waals surface area contributed by atoms with Crippen LogP contribution in [-0.2, 0) is 0 Å². The zero-order valence-electron chi connectivity index (χ0n) is 17.1. The van der Waals surface area contributed by atoms with Crippen LogP contribution in [0.15, 0.2) is 54.6 Å². The van der Waals surface area contributed by atoms with Crippen molar-refractivity contribution < 1.29 is 28.5 Å². The van der Waals surface area contributed by atoms with E-state index in [1.807, 2.05) is 6.07 Å². The molecule has 0 unspecified atom stereocenters. The van der Waals surface area contributed by atoms with Gasteiger partial charge >= 0.3 is 0 Å². The Hall–Kier alpha value is -4.20. The van der Waals surface area contributed by atoms with Crippen molar-refractivity contribution in [2.75, 3.05) is 32.0 Å². The number of methoxy groups -OCH3 is 3. The second-order valence-corrected chi connectivity index (χ2v) is 6.60. The van der Waals surface area contributed by atoms with E-state index in [1.54, 1.807) is 48.5 Å². The highest BCUT2D eigenvalue weighted by molar-refractivity contribution is 6.10. The van der Waals surface area contributed by atoms with Crippen LogP contribution in [0.25, 0.3) is 0 Å². The summed E-state index contributed by atoms with van der Waals surface area (Å²) in [4.78, 5) is 25.6. The molecule has 3 aromatic rings. The van der Waals surface area contributed by atoms with Gasteiger partial charge in [0.05, 0.1) is 38.1 Å². The number of carbonyl (C=O) groups is 2. The van der Waals surface area contributed by atoms with Crippen molar-refractivity contribution in [1.29, 1.82) is 0 Å². The number of nitrogens with one attached hydrogen (secondary N) is 2. The third kappa shape index (κ3) is 3.71. The van der Waals surface area contributed by atoms with Gasteiger partial charge in [0.2, 0.25) is 5.75 Å². The molecule has 0 saturated carbocycles. The number of fused-ring (bicyclic) bond motifs is 2. The number of ether oxygens (including phenoxy) is 4. The third-order valence-electron chi connectivity index (χ3n) is 4.79. The van der Waals surface area contributed by atoms with Crippen LogP contribution < -0.4 is 29.6 Å². The number of para-hydroxylation sites is 2. The summed E-state index contributed by atoms with van der Waals surface area (Å²) in [5.41, 5.74) is 1.55. The van der Waals surface area contributed by atoms with Gasteiger partial charge in [0.25, 0.3) is 11.8 Å². The van der Waals surface area contributed by atoms with Gasteiger partial charge in [-0.3, -0.25) is 9.59 Å². The van der Waals surface area contributed by atoms with Gasteiger partial charge in [0, 0.05) is 5.69 Å². The predicted molar refractivity (Wildman–Crippen MR) is 115 cm³/mol. The normalized spacial score (nSPS) is 11.8. The Morgan fingerprint density at radius 2 is 1.68 bits per heavy atom. The minimum atomic E-state index is -0.434. The number of rotatable bonds is 5. The Morgan fingerprint density at radius 3 is 2.42 bits per heavy atom. The lowest BCUT2D eigenvalue weighted by Crippen LogP contribution is -2.15. The van der Waals surface area contributed by atoms with E-state index >= 15 is 0 Å². The van der Waals surface area contributed by atoms with Crippen molar-refractivity contribution >= 4 is 23.2 Å². The van der Waals surface area contributed by atoms with Crippen molar-refractivity contribution in [2.24, 2.45) is 0 Å². The van der Waals surface area contributed by atoms with Crippen molar-refractivity contribution in [3.8, 4) is 28.7 Å². The standard InChI is InChI=1S/C23H20N2O6/c1-28-19-11-9-14(20(29-2)21(19)30-3)22(26)24-13-8-10-17-15(12-13)23(27)25-16-6-4-5-7-18(16)31-17/h4-12H,1-3H3,(H,24,26)(H,25,27). The molecule has 4 rings (SSSR count). The summed E-state index contributed by atoms with van der Waals surface area (Å²) >= 11 is 0. The second kappa shape index (κ2) is 8.27. The zero-order chi connectivity index (χ0) is 22.0. The van der Waals surface area contributed by atoms with Gasteiger partial charge in [-0.25, -0.2) is 0 Å². The van der Waals surface area contributed by atoms with E-state index in [2.05, 4.69) is 10.6 Å². The molecule has 2 N–H and O–H groups in total. The lowest BCUT2D eigenvalue weighted by molar-refractivity contribution is 0.101. The van der Waals surface area contributed by atoms with Crippen LogP contribution in [0.2, 0.25) is 0 Å². The number of benzene rings is 3. The van der Waals surface area contributed by atoms with Crippen molar-refractivity contribution in [3.63, 3.8) is 0 Å². The van der Waals surface area contributed by atoms with E-state index in [-0.39, 0.29) is 17.2 Å². The van der Waals surface area contributed by atoms with Crippen LogP contribution in [-0.4, -0.2) is 33.1 Å². The Morgan fingerprint density at radius 1 is 0.903 bits per heavy atom. The fraction of sp³-hybridized carbons (Fsp3) is 0.130. The van der Waals surface area contributed by atoms with Crippen LogP contribution in [0, 0.1) is 0 Å². The van der Waals surface area contributed by atoms with Gasteiger partial charge in [0.1, 0.15) is 5.75 Å². The summed E-state index contributed by atoms with van der Waals surface area (Å²) in [5.74, 6) is 1.16. The Labute approximate surface area is 178 Å². The molecule has 0 aliphatic carbocycles. The number of carbonyl (C=O) groups excluding carboxylic acids is 2. The molecule has 0 bridgehead atoms.